The molecule has 5 heteroatoms. The summed E-state index contributed by atoms with van der Waals surface area (Å²) >= 11 is 1.99. The first-order valence-electron chi connectivity index (χ1n) is 4.26. The zero-order valence-corrected chi connectivity index (χ0v) is 10.1. The summed E-state index contributed by atoms with van der Waals surface area (Å²) in [5.41, 5.74) is -1.58. The predicted molar refractivity (Wildman–Crippen MR) is 59.4 cm³/mol. The summed E-state index contributed by atoms with van der Waals surface area (Å²) in [6.07, 6.45) is -5.61. The Bertz CT molecular complexity index is 347. The first-order valence-corrected chi connectivity index (χ1v) is 5.34. The Labute approximate surface area is 99.4 Å². The van der Waals surface area contributed by atoms with E-state index in [-0.39, 0.29) is 5.56 Å². The minimum atomic E-state index is -4.37. The molecule has 0 heterocycles. The van der Waals surface area contributed by atoms with Gasteiger partial charge in [-0.3, -0.25) is 0 Å². The van der Waals surface area contributed by atoms with Crippen LogP contribution < -0.4 is 0 Å². The molecule has 0 amide bonds. The van der Waals surface area contributed by atoms with Crippen LogP contribution in [0.1, 0.15) is 18.9 Å². The summed E-state index contributed by atoms with van der Waals surface area (Å²) in [6.45, 7) is 1.17. The van der Waals surface area contributed by atoms with E-state index >= 15 is 0 Å². The topological polar surface area (TPSA) is 20.2 Å². The molecule has 1 atom stereocenters. The molecule has 1 nitrogen and oxygen atoms in total. The second-order valence-electron chi connectivity index (χ2n) is 3.58. The molecule has 0 fully saturated rings. The van der Waals surface area contributed by atoms with Gasteiger partial charge in [0.05, 0.1) is 12.0 Å². The Balaban J connectivity index is 2.95. The van der Waals surface area contributed by atoms with Crippen LogP contribution in [0.25, 0.3) is 0 Å². The summed E-state index contributed by atoms with van der Waals surface area (Å²) in [7, 11) is 0. The van der Waals surface area contributed by atoms with Crippen LogP contribution >= 0.6 is 22.6 Å². The first-order chi connectivity index (χ1) is 6.71. The molecule has 0 bridgehead atoms. The van der Waals surface area contributed by atoms with Crippen LogP contribution in [0, 0.1) is 3.57 Å². The van der Waals surface area contributed by atoms with Gasteiger partial charge in [0.25, 0.3) is 0 Å². The van der Waals surface area contributed by atoms with Crippen LogP contribution in [0.15, 0.2) is 24.3 Å². The maximum absolute atomic E-state index is 12.2. The van der Waals surface area contributed by atoms with Gasteiger partial charge in [-0.25, -0.2) is 0 Å². The highest BCUT2D eigenvalue weighted by Crippen LogP contribution is 2.34. The summed E-state index contributed by atoms with van der Waals surface area (Å²) in [5, 5.41) is 9.72. The summed E-state index contributed by atoms with van der Waals surface area (Å²) < 4.78 is 37.3. The SMILES string of the molecule is CC(O)(CC(F)(F)F)c1cccc(I)c1. The van der Waals surface area contributed by atoms with Gasteiger partial charge in [0.15, 0.2) is 0 Å². The lowest BCUT2D eigenvalue weighted by Gasteiger charge is -2.25. The molecule has 1 unspecified atom stereocenters. The van der Waals surface area contributed by atoms with Gasteiger partial charge in [0.2, 0.25) is 0 Å². The number of rotatable bonds is 2. The van der Waals surface area contributed by atoms with Crippen molar-refractivity contribution >= 4 is 22.6 Å². The van der Waals surface area contributed by atoms with Gasteiger partial charge in [-0.2, -0.15) is 13.2 Å². The molecule has 0 radical (unpaired) electrons. The smallest absolute Gasteiger partial charge is 0.385 e. The maximum atomic E-state index is 12.2. The number of alkyl halides is 3. The zero-order valence-electron chi connectivity index (χ0n) is 7.98. The third kappa shape index (κ3) is 3.98. The predicted octanol–water partition coefficient (Wildman–Crippen LogP) is 3.45. The normalized spacial score (nSPS) is 16.1. The van der Waals surface area contributed by atoms with Gasteiger partial charge in [-0.05, 0) is 47.2 Å². The van der Waals surface area contributed by atoms with Crippen molar-refractivity contribution in [2.24, 2.45) is 0 Å². The molecule has 1 aromatic rings. The van der Waals surface area contributed by atoms with Crippen LogP contribution in [0.4, 0.5) is 13.2 Å². The molecule has 0 aliphatic heterocycles. The van der Waals surface area contributed by atoms with Gasteiger partial charge in [0, 0.05) is 3.57 Å². The van der Waals surface area contributed by atoms with Crippen LogP contribution in [0.2, 0.25) is 0 Å². The molecule has 0 spiro atoms. The van der Waals surface area contributed by atoms with Gasteiger partial charge < -0.3 is 5.11 Å². The van der Waals surface area contributed by atoms with E-state index in [1.165, 1.54) is 13.0 Å². The fourth-order valence-corrected chi connectivity index (χ4v) is 1.86. The lowest BCUT2D eigenvalue weighted by atomic mass is 9.92. The van der Waals surface area contributed by atoms with Crippen LogP contribution in [0.5, 0.6) is 0 Å². The molecule has 1 aromatic carbocycles. The fourth-order valence-electron chi connectivity index (χ4n) is 1.32. The van der Waals surface area contributed by atoms with Crippen LogP contribution in [-0.2, 0) is 5.60 Å². The largest absolute Gasteiger partial charge is 0.392 e. The second-order valence-corrected chi connectivity index (χ2v) is 4.82. The van der Waals surface area contributed by atoms with Crippen molar-refractivity contribution in [2.45, 2.75) is 25.1 Å². The van der Waals surface area contributed by atoms with E-state index in [9.17, 15) is 18.3 Å². The molecule has 15 heavy (non-hydrogen) atoms. The molecule has 0 aliphatic carbocycles. The molecule has 0 saturated heterocycles. The van der Waals surface area contributed by atoms with E-state index < -0.39 is 18.2 Å². The minimum absolute atomic E-state index is 0.284. The van der Waals surface area contributed by atoms with Gasteiger partial charge in [-0.15, -0.1) is 0 Å². The fraction of sp³-hybridized carbons (Fsp3) is 0.400. The highest BCUT2D eigenvalue weighted by Gasteiger charge is 2.39. The molecule has 84 valence electrons. The van der Waals surface area contributed by atoms with Crippen LogP contribution in [-0.4, -0.2) is 11.3 Å². The third-order valence-corrected chi connectivity index (χ3v) is 2.66. The number of hydrogen-bond donors (Lipinski definition) is 1. The molecule has 0 aromatic heterocycles. The van der Waals surface area contributed by atoms with Crippen molar-refractivity contribution < 1.29 is 18.3 Å². The van der Waals surface area contributed by atoms with E-state index in [0.29, 0.717) is 0 Å². The minimum Gasteiger partial charge on any atom is -0.385 e. The van der Waals surface area contributed by atoms with E-state index in [1.54, 1.807) is 18.2 Å². The number of halogens is 4. The number of aliphatic hydroxyl groups is 1. The molecule has 1 rings (SSSR count). The highest BCUT2D eigenvalue weighted by molar-refractivity contribution is 14.1. The monoisotopic (exact) mass is 330 g/mol. The molecule has 1 N–H and O–H groups in total. The van der Waals surface area contributed by atoms with Gasteiger partial charge >= 0.3 is 6.18 Å². The van der Waals surface area contributed by atoms with E-state index in [2.05, 4.69) is 0 Å². The lowest BCUT2D eigenvalue weighted by molar-refractivity contribution is -0.174. The Morgan fingerprint density at radius 3 is 2.40 bits per heavy atom. The van der Waals surface area contributed by atoms with E-state index in [1.807, 2.05) is 22.6 Å². The average Bonchev–Trinajstić information content (AvgIpc) is 1.99. The van der Waals surface area contributed by atoms with E-state index in [4.69, 9.17) is 0 Å². The Hall–Kier alpha value is -0.300. The van der Waals surface area contributed by atoms with Crippen molar-refractivity contribution in [1.82, 2.24) is 0 Å². The van der Waals surface area contributed by atoms with Crippen molar-refractivity contribution in [1.29, 1.82) is 0 Å². The van der Waals surface area contributed by atoms with Gasteiger partial charge in [-0.1, -0.05) is 12.1 Å². The Morgan fingerprint density at radius 2 is 1.93 bits per heavy atom. The quantitative estimate of drug-likeness (QED) is 0.824. The van der Waals surface area contributed by atoms with Crippen molar-refractivity contribution in [2.75, 3.05) is 0 Å². The summed E-state index contributed by atoms with van der Waals surface area (Å²) in [5.74, 6) is 0. The molecular weight excluding hydrogens is 320 g/mol. The first kappa shape index (κ1) is 12.8. The zero-order chi connectivity index (χ0) is 11.7. The second kappa shape index (κ2) is 4.29. The summed E-state index contributed by atoms with van der Waals surface area (Å²) in [4.78, 5) is 0. The molecular formula is C10H10F3IO. The molecule has 0 aliphatic rings. The van der Waals surface area contributed by atoms with Crippen LogP contribution in [0.3, 0.4) is 0 Å². The molecule has 0 saturated carbocycles. The Kier molecular flexibility index (Phi) is 3.65. The summed E-state index contributed by atoms with van der Waals surface area (Å²) in [6, 6.07) is 6.43. The third-order valence-electron chi connectivity index (χ3n) is 1.99. The van der Waals surface area contributed by atoms with Crippen molar-refractivity contribution in [3.8, 4) is 0 Å². The van der Waals surface area contributed by atoms with Crippen molar-refractivity contribution in [3.05, 3.63) is 33.4 Å². The lowest BCUT2D eigenvalue weighted by Crippen LogP contribution is -2.29. The number of benzene rings is 1. The average molecular weight is 330 g/mol. The van der Waals surface area contributed by atoms with E-state index in [0.717, 1.165) is 3.57 Å². The van der Waals surface area contributed by atoms with Gasteiger partial charge in [0.1, 0.15) is 0 Å². The highest BCUT2D eigenvalue weighted by atomic mass is 127. The maximum Gasteiger partial charge on any atom is 0.392 e. The van der Waals surface area contributed by atoms with Crippen molar-refractivity contribution in [3.63, 3.8) is 0 Å². The number of hydrogen-bond acceptors (Lipinski definition) is 1. The Morgan fingerprint density at radius 1 is 1.33 bits per heavy atom. The standard InChI is InChI=1S/C10H10F3IO/c1-9(15,6-10(11,12)13)7-3-2-4-8(14)5-7/h2-5,15H,6H2,1H3.